The molecule has 18 heavy (non-hydrogen) atoms. The van der Waals surface area contributed by atoms with Crippen molar-refractivity contribution in [2.75, 3.05) is 6.61 Å². The fourth-order valence-corrected chi connectivity index (χ4v) is 2.67. The summed E-state index contributed by atoms with van der Waals surface area (Å²) in [6.07, 6.45) is 3.49. The summed E-state index contributed by atoms with van der Waals surface area (Å²) in [6.45, 7) is 0.223. The number of benzene rings is 1. The van der Waals surface area contributed by atoms with Crippen LogP contribution in [-0.2, 0) is 0 Å². The van der Waals surface area contributed by atoms with Gasteiger partial charge in [-0.2, -0.15) is 0 Å². The second kappa shape index (κ2) is 6.66. The number of aliphatic hydroxyl groups excluding tert-OH is 1. The maximum Gasteiger partial charge on any atom is 0.109 e. The van der Waals surface area contributed by atoms with Crippen LogP contribution in [0.25, 0.3) is 0 Å². The van der Waals surface area contributed by atoms with Gasteiger partial charge in [-0.05, 0) is 46.0 Å². The number of rotatable bonds is 5. The van der Waals surface area contributed by atoms with Gasteiger partial charge in [0, 0.05) is 18.7 Å². The Bertz CT molecular complexity index is 487. The van der Waals surface area contributed by atoms with Crippen LogP contribution in [0.4, 0.5) is 0 Å². The molecule has 0 saturated carbocycles. The zero-order valence-electron chi connectivity index (χ0n) is 10.1. The van der Waals surface area contributed by atoms with Crippen molar-refractivity contribution in [2.24, 2.45) is 0 Å². The molecule has 0 aliphatic rings. The third-order valence-corrected chi connectivity index (χ3v) is 3.68. The van der Waals surface area contributed by atoms with E-state index in [9.17, 15) is 0 Å². The van der Waals surface area contributed by atoms with Gasteiger partial charge in [0.15, 0.2) is 0 Å². The fraction of sp³-hybridized carbons (Fsp3) is 0.267. The highest BCUT2D eigenvalue weighted by molar-refractivity contribution is 9.10. The molecule has 2 aromatic rings. The first-order valence-corrected chi connectivity index (χ1v) is 6.88. The first kappa shape index (κ1) is 13.2. The van der Waals surface area contributed by atoms with Gasteiger partial charge < -0.3 is 5.11 Å². The third kappa shape index (κ3) is 3.18. The number of hydrogen-bond donors (Lipinski definition) is 1. The quantitative estimate of drug-likeness (QED) is 0.854. The van der Waals surface area contributed by atoms with Crippen LogP contribution in [-0.4, -0.2) is 16.7 Å². The summed E-state index contributed by atoms with van der Waals surface area (Å²) in [6, 6.07) is 14.4. The summed E-state index contributed by atoms with van der Waals surface area (Å²) in [5.41, 5.74) is 2.44. The highest BCUT2D eigenvalue weighted by atomic mass is 79.9. The van der Waals surface area contributed by atoms with E-state index in [1.807, 2.05) is 24.3 Å². The Morgan fingerprint density at radius 2 is 1.89 bits per heavy atom. The lowest BCUT2D eigenvalue weighted by Crippen LogP contribution is -2.04. The minimum atomic E-state index is 0.223. The van der Waals surface area contributed by atoms with Crippen LogP contribution in [0.5, 0.6) is 0 Å². The number of aliphatic hydroxyl groups is 1. The maximum atomic E-state index is 9.05. The standard InChI is InChI=1S/C15H16BrNO/c16-15-14(8-4-10-17-15)13(9-5-11-18)12-6-2-1-3-7-12/h1-4,6-8,10,13,18H,5,9,11H2. The molecule has 0 aliphatic heterocycles. The average Bonchev–Trinajstić information content (AvgIpc) is 2.42. The number of aromatic nitrogens is 1. The van der Waals surface area contributed by atoms with Crippen molar-refractivity contribution in [2.45, 2.75) is 18.8 Å². The number of nitrogens with zero attached hydrogens (tertiary/aromatic N) is 1. The van der Waals surface area contributed by atoms with Gasteiger partial charge in [-0.15, -0.1) is 0 Å². The van der Waals surface area contributed by atoms with Crippen LogP contribution in [0.1, 0.15) is 29.9 Å². The molecule has 3 heteroatoms. The summed E-state index contributed by atoms with van der Waals surface area (Å²) in [4.78, 5) is 4.29. The van der Waals surface area contributed by atoms with Gasteiger partial charge in [0.05, 0.1) is 0 Å². The monoisotopic (exact) mass is 305 g/mol. The summed E-state index contributed by atoms with van der Waals surface area (Å²) in [5, 5.41) is 9.05. The highest BCUT2D eigenvalue weighted by Crippen LogP contribution is 2.32. The minimum Gasteiger partial charge on any atom is -0.396 e. The van der Waals surface area contributed by atoms with E-state index in [0.29, 0.717) is 0 Å². The van der Waals surface area contributed by atoms with Crippen LogP contribution in [0, 0.1) is 0 Å². The Morgan fingerprint density at radius 1 is 1.11 bits per heavy atom. The molecule has 1 heterocycles. The molecular formula is C15H16BrNO. The highest BCUT2D eigenvalue weighted by Gasteiger charge is 2.16. The number of halogens is 1. The zero-order chi connectivity index (χ0) is 12.8. The molecule has 0 bridgehead atoms. The van der Waals surface area contributed by atoms with Gasteiger partial charge in [0.2, 0.25) is 0 Å². The van der Waals surface area contributed by atoms with Crippen LogP contribution in [0.2, 0.25) is 0 Å². The molecule has 1 unspecified atom stereocenters. The molecule has 1 N–H and O–H groups in total. The SMILES string of the molecule is OCCCC(c1ccccc1)c1cccnc1Br. The molecule has 2 rings (SSSR count). The largest absolute Gasteiger partial charge is 0.396 e. The van der Waals surface area contributed by atoms with Crippen molar-refractivity contribution in [3.8, 4) is 0 Å². The van der Waals surface area contributed by atoms with Gasteiger partial charge in [-0.3, -0.25) is 0 Å². The van der Waals surface area contributed by atoms with Gasteiger partial charge in [0.25, 0.3) is 0 Å². The average molecular weight is 306 g/mol. The fourth-order valence-electron chi connectivity index (χ4n) is 2.14. The smallest absolute Gasteiger partial charge is 0.109 e. The molecule has 2 nitrogen and oxygen atoms in total. The van der Waals surface area contributed by atoms with Gasteiger partial charge in [-0.25, -0.2) is 4.98 Å². The summed E-state index contributed by atoms with van der Waals surface area (Å²) in [5.74, 6) is 0.279. The molecule has 1 aromatic heterocycles. The van der Waals surface area contributed by atoms with Crippen LogP contribution < -0.4 is 0 Å². The predicted octanol–water partition coefficient (Wildman–Crippen LogP) is 3.75. The molecule has 94 valence electrons. The Balaban J connectivity index is 2.34. The van der Waals surface area contributed by atoms with E-state index >= 15 is 0 Å². The van der Waals surface area contributed by atoms with Crippen molar-refractivity contribution >= 4 is 15.9 Å². The van der Waals surface area contributed by atoms with Crippen molar-refractivity contribution < 1.29 is 5.11 Å². The van der Waals surface area contributed by atoms with Gasteiger partial charge in [0.1, 0.15) is 4.60 Å². The van der Waals surface area contributed by atoms with Gasteiger partial charge >= 0.3 is 0 Å². The second-order valence-electron chi connectivity index (χ2n) is 4.21. The van der Waals surface area contributed by atoms with Crippen LogP contribution >= 0.6 is 15.9 Å². The summed E-state index contributed by atoms with van der Waals surface area (Å²) >= 11 is 3.51. The molecule has 0 aliphatic carbocycles. The first-order chi connectivity index (χ1) is 8.83. The Kier molecular flexibility index (Phi) is 4.90. The van der Waals surface area contributed by atoms with Crippen molar-refractivity contribution in [1.29, 1.82) is 0 Å². The molecule has 0 fully saturated rings. The molecule has 0 amide bonds. The third-order valence-electron chi connectivity index (χ3n) is 3.02. The van der Waals surface area contributed by atoms with E-state index in [4.69, 9.17) is 5.11 Å². The molecule has 1 atom stereocenters. The van der Waals surface area contributed by atoms with E-state index in [-0.39, 0.29) is 12.5 Å². The predicted molar refractivity (Wildman–Crippen MR) is 76.5 cm³/mol. The van der Waals surface area contributed by atoms with Gasteiger partial charge in [-0.1, -0.05) is 36.4 Å². The van der Waals surface area contributed by atoms with Crippen molar-refractivity contribution in [1.82, 2.24) is 4.98 Å². The molecule has 0 radical (unpaired) electrons. The first-order valence-electron chi connectivity index (χ1n) is 6.09. The van der Waals surface area contributed by atoms with E-state index in [0.717, 1.165) is 17.4 Å². The van der Waals surface area contributed by atoms with E-state index < -0.39 is 0 Å². The second-order valence-corrected chi connectivity index (χ2v) is 4.96. The lowest BCUT2D eigenvalue weighted by Gasteiger charge is -2.18. The van der Waals surface area contributed by atoms with E-state index in [2.05, 4.69) is 39.1 Å². The Hall–Kier alpha value is -1.19. The van der Waals surface area contributed by atoms with Crippen LogP contribution in [0.3, 0.4) is 0 Å². The molecule has 0 saturated heterocycles. The summed E-state index contributed by atoms with van der Waals surface area (Å²) in [7, 11) is 0. The topological polar surface area (TPSA) is 33.1 Å². The lowest BCUT2D eigenvalue weighted by atomic mass is 9.88. The Morgan fingerprint density at radius 3 is 2.56 bits per heavy atom. The van der Waals surface area contributed by atoms with Crippen molar-refractivity contribution in [3.63, 3.8) is 0 Å². The minimum absolute atomic E-state index is 0.223. The van der Waals surface area contributed by atoms with E-state index in [1.54, 1.807) is 6.20 Å². The maximum absolute atomic E-state index is 9.05. The number of hydrogen-bond acceptors (Lipinski definition) is 2. The molecule has 1 aromatic carbocycles. The van der Waals surface area contributed by atoms with Crippen LogP contribution in [0.15, 0.2) is 53.3 Å². The van der Waals surface area contributed by atoms with E-state index in [1.165, 1.54) is 11.1 Å². The zero-order valence-corrected chi connectivity index (χ0v) is 11.7. The van der Waals surface area contributed by atoms with Crippen molar-refractivity contribution in [3.05, 3.63) is 64.4 Å². The molecular weight excluding hydrogens is 290 g/mol. The lowest BCUT2D eigenvalue weighted by molar-refractivity contribution is 0.282. The summed E-state index contributed by atoms with van der Waals surface area (Å²) < 4.78 is 0.886. The number of pyridine rings is 1. The Labute approximate surface area is 116 Å². The normalized spacial score (nSPS) is 12.3. The molecule has 0 spiro atoms.